The van der Waals surface area contributed by atoms with Gasteiger partial charge in [-0.3, -0.25) is 4.79 Å². The Kier molecular flexibility index (Phi) is 6.76. The van der Waals surface area contributed by atoms with Crippen LogP contribution in [0.15, 0.2) is 62.8 Å². The van der Waals surface area contributed by atoms with Crippen LogP contribution >= 0.6 is 15.9 Å². The van der Waals surface area contributed by atoms with Crippen molar-refractivity contribution in [1.29, 1.82) is 0 Å². The van der Waals surface area contributed by atoms with Gasteiger partial charge in [-0.05, 0) is 48.5 Å². The molecule has 8 nitrogen and oxygen atoms in total. The Hall–Kier alpha value is -1.79. The van der Waals surface area contributed by atoms with Gasteiger partial charge in [-0.15, -0.1) is 0 Å². The summed E-state index contributed by atoms with van der Waals surface area (Å²) in [5.74, 6) is -0.555. The predicted molar refractivity (Wildman–Crippen MR) is 105 cm³/mol. The summed E-state index contributed by atoms with van der Waals surface area (Å²) >= 11 is 3.24. The average Bonchev–Trinajstić information content (AvgIpc) is 2.59. The minimum atomic E-state index is -3.83. The van der Waals surface area contributed by atoms with E-state index in [-0.39, 0.29) is 22.9 Å². The molecule has 2 aromatic carbocycles. The molecule has 0 unspecified atom stereocenters. The number of nitrogens with two attached hydrogens (primary N) is 1. The Labute approximate surface area is 166 Å². The molecule has 3 N–H and O–H groups in total. The Bertz CT molecular complexity index is 1020. The van der Waals surface area contributed by atoms with Crippen molar-refractivity contribution in [3.63, 3.8) is 0 Å². The third-order valence-corrected chi connectivity index (χ3v) is 6.98. The fourth-order valence-electron chi connectivity index (χ4n) is 2.21. The lowest BCUT2D eigenvalue weighted by Crippen LogP contribution is -2.37. The number of anilines is 1. The van der Waals surface area contributed by atoms with Crippen molar-refractivity contribution >= 4 is 47.6 Å². The highest BCUT2D eigenvalue weighted by molar-refractivity contribution is 9.10. The number of benzene rings is 2. The van der Waals surface area contributed by atoms with Gasteiger partial charge in [0, 0.05) is 16.7 Å². The Morgan fingerprint density at radius 2 is 1.52 bits per heavy atom. The first-order valence-corrected chi connectivity index (χ1v) is 11.5. The van der Waals surface area contributed by atoms with Gasteiger partial charge in [0.25, 0.3) is 0 Å². The summed E-state index contributed by atoms with van der Waals surface area (Å²) in [4.78, 5) is 12.2. The Morgan fingerprint density at radius 1 is 1.00 bits per heavy atom. The first kappa shape index (κ1) is 21.5. The van der Waals surface area contributed by atoms with Crippen LogP contribution in [0.4, 0.5) is 5.69 Å². The SMILES string of the molecule is CCN(CC(=O)Nc1ccc(S(N)(=O)=O)cc1)S(=O)(=O)c1ccc(Br)cc1. The van der Waals surface area contributed by atoms with Gasteiger partial charge in [-0.1, -0.05) is 22.9 Å². The maximum absolute atomic E-state index is 12.7. The summed E-state index contributed by atoms with van der Waals surface area (Å²) in [6.45, 7) is 1.35. The molecule has 27 heavy (non-hydrogen) atoms. The van der Waals surface area contributed by atoms with Gasteiger partial charge in [0.1, 0.15) is 0 Å². The molecule has 2 aromatic rings. The summed E-state index contributed by atoms with van der Waals surface area (Å²) < 4.78 is 49.6. The quantitative estimate of drug-likeness (QED) is 0.630. The molecule has 0 fully saturated rings. The summed E-state index contributed by atoms with van der Waals surface area (Å²) in [6.07, 6.45) is 0. The zero-order chi connectivity index (χ0) is 20.2. The lowest BCUT2D eigenvalue weighted by atomic mass is 10.3. The van der Waals surface area contributed by atoms with Gasteiger partial charge in [0.2, 0.25) is 26.0 Å². The van der Waals surface area contributed by atoms with E-state index in [0.29, 0.717) is 5.69 Å². The van der Waals surface area contributed by atoms with Crippen molar-refractivity contribution in [1.82, 2.24) is 4.31 Å². The molecule has 0 bridgehead atoms. The van der Waals surface area contributed by atoms with Gasteiger partial charge in [0.05, 0.1) is 16.3 Å². The zero-order valence-electron chi connectivity index (χ0n) is 14.3. The van der Waals surface area contributed by atoms with Crippen molar-refractivity contribution < 1.29 is 21.6 Å². The van der Waals surface area contributed by atoms with Crippen molar-refractivity contribution in [2.24, 2.45) is 5.14 Å². The maximum atomic E-state index is 12.7. The number of amides is 1. The van der Waals surface area contributed by atoms with E-state index in [0.717, 1.165) is 8.78 Å². The molecule has 0 radical (unpaired) electrons. The zero-order valence-corrected chi connectivity index (χ0v) is 17.5. The second-order valence-corrected chi connectivity index (χ2v) is 9.92. The van der Waals surface area contributed by atoms with Crippen molar-refractivity contribution in [3.8, 4) is 0 Å². The Balaban J connectivity index is 2.11. The van der Waals surface area contributed by atoms with E-state index in [2.05, 4.69) is 21.2 Å². The number of carbonyl (C=O) groups excluding carboxylic acids is 1. The molecule has 0 atom stereocenters. The van der Waals surface area contributed by atoms with Crippen molar-refractivity contribution in [2.45, 2.75) is 16.7 Å². The molecule has 0 aliphatic carbocycles. The van der Waals surface area contributed by atoms with Gasteiger partial charge < -0.3 is 5.32 Å². The topological polar surface area (TPSA) is 127 Å². The van der Waals surface area contributed by atoms with Crippen LogP contribution in [-0.2, 0) is 24.8 Å². The summed E-state index contributed by atoms with van der Waals surface area (Å²) in [5.41, 5.74) is 0.324. The molecule has 0 saturated carbocycles. The highest BCUT2D eigenvalue weighted by atomic mass is 79.9. The molecule has 1 amide bonds. The highest BCUT2D eigenvalue weighted by Gasteiger charge is 2.25. The predicted octanol–water partition coefficient (Wildman–Crippen LogP) is 1.75. The van der Waals surface area contributed by atoms with Crippen LogP contribution in [0.2, 0.25) is 0 Å². The van der Waals surface area contributed by atoms with Crippen LogP contribution < -0.4 is 10.5 Å². The highest BCUT2D eigenvalue weighted by Crippen LogP contribution is 2.19. The van der Waals surface area contributed by atoms with E-state index in [1.54, 1.807) is 19.1 Å². The van der Waals surface area contributed by atoms with Crippen molar-refractivity contribution in [3.05, 3.63) is 53.0 Å². The van der Waals surface area contributed by atoms with E-state index < -0.39 is 26.0 Å². The number of rotatable bonds is 7. The molecule has 0 spiro atoms. The molecular weight excluding hydrogens is 458 g/mol. The Morgan fingerprint density at radius 3 is 2.00 bits per heavy atom. The van der Waals surface area contributed by atoms with Crippen LogP contribution in [-0.4, -0.2) is 40.1 Å². The second-order valence-electron chi connectivity index (χ2n) is 5.50. The maximum Gasteiger partial charge on any atom is 0.243 e. The van der Waals surface area contributed by atoms with E-state index in [9.17, 15) is 21.6 Å². The number of nitrogens with zero attached hydrogens (tertiary/aromatic N) is 1. The van der Waals surface area contributed by atoms with E-state index >= 15 is 0 Å². The average molecular weight is 476 g/mol. The molecule has 0 saturated heterocycles. The van der Waals surface area contributed by atoms with Crippen LogP contribution in [0.1, 0.15) is 6.92 Å². The fraction of sp³-hybridized carbons (Fsp3) is 0.188. The molecular formula is C16H18BrN3O5S2. The number of carbonyl (C=O) groups is 1. The molecule has 146 valence electrons. The largest absolute Gasteiger partial charge is 0.325 e. The smallest absolute Gasteiger partial charge is 0.243 e. The van der Waals surface area contributed by atoms with Gasteiger partial charge in [0.15, 0.2) is 0 Å². The lowest BCUT2D eigenvalue weighted by molar-refractivity contribution is -0.116. The monoisotopic (exact) mass is 475 g/mol. The number of likely N-dealkylation sites (N-methyl/N-ethyl adjacent to an activating group) is 1. The van der Waals surface area contributed by atoms with Gasteiger partial charge >= 0.3 is 0 Å². The number of sulfonamides is 2. The summed E-state index contributed by atoms with van der Waals surface area (Å²) in [5, 5.41) is 7.54. The summed E-state index contributed by atoms with van der Waals surface area (Å²) in [6, 6.07) is 11.4. The van der Waals surface area contributed by atoms with Crippen molar-refractivity contribution in [2.75, 3.05) is 18.4 Å². The lowest BCUT2D eigenvalue weighted by Gasteiger charge is -2.20. The van der Waals surface area contributed by atoms with Gasteiger partial charge in [-0.25, -0.2) is 22.0 Å². The number of hydrogen-bond donors (Lipinski definition) is 2. The number of nitrogens with one attached hydrogen (secondary N) is 1. The number of primary sulfonamides is 1. The van der Waals surface area contributed by atoms with Crippen LogP contribution in [0.5, 0.6) is 0 Å². The number of halogens is 1. The normalized spacial score (nSPS) is 12.1. The standard InChI is InChI=1S/C16H18BrN3O5S2/c1-2-20(27(24,25)15-7-3-12(17)4-8-15)11-16(21)19-13-5-9-14(10-6-13)26(18,22)23/h3-10H,2,11H2,1H3,(H,19,21)(H2,18,22,23). The molecule has 0 aliphatic rings. The van der Waals surface area contributed by atoms with E-state index in [1.165, 1.54) is 36.4 Å². The third-order valence-electron chi connectivity index (χ3n) is 3.59. The molecule has 0 heterocycles. The van der Waals surface area contributed by atoms with E-state index in [1.807, 2.05) is 0 Å². The van der Waals surface area contributed by atoms with Gasteiger partial charge in [-0.2, -0.15) is 4.31 Å². The van der Waals surface area contributed by atoms with Crippen LogP contribution in [0, 0.1) is 0 Å². The number of hydrogen-bond acceptors (Lipinski definition) is 5. The molecule has 0 aliphatic heterocycles. The first-order valence-electron chi connectivity index (χ1n) is 7.72. The van der Waals surface area contributed by atoms with E-state index in [4.69, 9.17) is 5.14 Å². The molecule has 11 heteroatoms. The minimum Gasteiger partial charge on any atom is -0.325 e. The van der Waals surface area contributed by atoms with Crippen LogP contribution in [0.25, 0.3) is 0 Å². The second kappa shape index (κ2) is 8.48. The minimum absolute atomic E-state index is 0.0813. The van der Waals surface area contributed by atoms with Crippen LogP contribution in [0.3, 0.4) is 0 Å². The third kappa shape index (κ3) is 5.59. The summed E-state index contributed by atoms with van der Waals surface area (Å²) in [7, 11) is -7.65. The first-order chi connectivity index (χ1) is 12.5. The molecule has 0 aromatic heterocycles. The fourth-order valence-corrected chi connectivity index (χ4v) is 4.40. The molecule has 2 rings (SSSR count).